The molecule has 1 aliphatic heterocycles. The van der Waals surface area contributed by atoms with E-state index in [0.717, 1.165) is 55.6 Å². The van der Waals surface area contributed by atoms with E-state index in [9.17, 15) is 4.79 Å². The molecule has 4 rings (SSSR count). The van der Waals surface area contributed by atoms with E-state index < -0.39 is 0 Å². The lowest BCUT2D eigenvalue weighted by atomic mass is 10.0. The highest BCUT2D eigenvalue weighted by Crippen LogP contribution is 2.28. The Balaban J connectivity index is 1.41. The van der Waals surface area contributed by atoms with Gasteiger partial charge in [-0.1, -0.05) is 30.3 Å². The van der Waals surface area contributed by atoms with Crippen LogP contribution in [0.1, 0.15) is 29.7 Å². The van der Waals surface area contributed by atoms with Gasteiger partial charge in [0.05, 0.1) is 11.9 Å². The second-order valence-corrected chi connectivity index (χ2v) is 7.10. The predicted octanol–water partition coefficient (Wildman–Crippen LogP) is 2.76. The second kappa shape index (κ2) is 7.78. The Labute approximate surface area is 159 Å². The number of nitrogens with zero attached hydrogens (tertiary/aromatic N) is 4. The number of aromatic nitrogens is 4. The zero-order valence-electron chi connectivity index (χ0n) is 15.7. The number of benzene rings is 1. The number of aromatic amines is 1. The SMILES string of the molecule is Cn1nc(-c2ccccc2)c2c1CCN(C(=O)CCCc1cn[nH]c1)CC2. The normalized spacial score (nSPS) is 14.0. The second-order valence-electron chi connectivity index (χ2n) is 7.10. The molecule has 1 N–H and O–H groups in total. The molecule has 0 bridgehead atoms. The van der Waals surface area contributed by atoms with Crippen molar-refractivity contribution in [2.45, 2.75) is 32.1 Å². The molecule has 0 spiro atoms. The van der Waals surface area contributed by atoms with Crippen LogP contribution in [0.2, 0.25) is 0 Å². The van der Waals surface area contributed by atoms with Gasteiger partial charge in [0.25, 0.3) is 0 Å². The molecular formula is C21H25N5O. The molecule has 0 fully saturated rings. The van der Waals surface area contributed by atoms with E-state index in [1.54, 1.807) is 0 Å². The fourth-order valence-electron chi connectivity index (χ4n) is 3.87. The summed E-state index contributed by atoms with van der Waals surface area (Å²) in [7, 11) is 2.01. The van der Waals surface area contributed by atoms with Crippen molar-refractivity contribution in [3.63, 3.8) is 0 Å². The van der Waals surface area contributed by atoms with Crippen LogP contribution in [0.4, 0.5) is 0 Å². The highest BCUT2D eigenvalue weighted by atomic mass is 16.2. The van der Waals surface area contributed by atoms with Crippen molar-refractivity contribution in [2.75, 3.05) is 13.1 Å². The Morgan fingerprint density at radius 3 is 2.78 bits per heavy atom. The third-order valence-electron chi connectivity index (χ3n) is 5.34. The number of nitrogens with one attached hydrogen (secondary N) is 1. The maximum atomic E-state index is 12.7. The van der Waals surface area contributed by atoms with Gasteiger partial charge in [-0.3, -0.25) is 14.6 Å². The summed E-state index contributed by atoms with van der Waals surface area (Å²) in [6, 6.07) is 10.3. The number of rotatable bonds is 5. The zero-order valence-corrected chi connectivity index (χ0v) is 15.7. The molecule has 0 saturated heterocycles. The van der Waals surface area contributed by atoms with Crippen molar-refractivity contribution in [3.8, 4) is 11.3 Å². The van der Waals surface area contributed by atoms with Crippen LogP contribution in [0.3, 0.4) is 0 Å². The Morgan fingerprint density at radius 1 is 1.19 bits per heavy atom. The first kappa shape index (κ1) is 17.5. The van der Waals surface area contributed by atoms with E-state index in [1.165, 1.54) is 11.3 Å². The van der Waals surface area contributed by atoms with Gasteiger partial charge in [-0.25, -0.2) is 0 Å². The van der Waals surface area contributed by atoms with Crippen molar-refractivity contribution in [3.05, 3.63) is 59.5 Å². The fourth-order valence-corrected chi connectivity index (χ4v) is 3.87. The van der Waals surface area contributed by atoms with Crippen molar-refractivity contribution in [1.82, 2.24) is 24.9 Å². The van der Waals surface area contributed by atoms with E-state index >= 15 is 0 Å². The van der Waals surface area contributed by atoms with Crippen LogP contribution < -0.4 is 0 Å². The summed E-state index contributed by atoms with van der Waals surface area (Å²) in [5.74, 6) is 0.250. The largest absolute Gasteiger partial charge is 0.342 e. The number of carbonyl (C=O) groups excluding carboxylic acids is 1. The molecule has 6 heteroatoms. The van der Waals surface area contributed by atoms with Gasteiger partial charge in [0.2, 0.25) is 5.91 Å². The van der Waals surface area contributed by atoms with E-state index in [-0.39, 0.29) is 5.91 Å². The summed E-state index contributed by atoms with van der Waals surface area (Å²) >= 11 is 0. The van der Waals surface area contributed by atoms with Crippen molar-refractivity contribution < 1.29 is 4.79 Å². The Hall–Kier alpha value is -2.89. The number of fused-ring (bicyclic) bond motifs is 1. The summed E-state index contributed by atoms with van der Waals surface area (Å²) in [6.45, 7) is 1.54. The Kier molecular flexibility index (Phi) is 5.05. The number of H-pyrrole nitrogens is 1. The van der Waals surface area contributed by atoms with Crippen LogP contribution in [0.25, 0.3) is 11.3 Å². The van der Waals surface area contributed by atoms with Gasteiger partial charge in [-0.2, -0.15) is 10.2 Å². The first-order chi connectivity index (χ1) is 13.2. The fraction of sp³-hybridized carbons (Fsp3) is 0.381. The molecule has 1 amide bonds. The first-order valence-electron chi connectivity index (χ1n) is 9.58. The predicted molar refractivity (Wildman–Crippen MR) is 104 cm³/mol. The maximum absolute atomic E-state index is 12.7. The molecule has 3 aromatic rings. The molecule has 2 aromatic heterocycles. The quantitative estimate of drug-likeness (QED) is 0.758. The number of hydrogen-bond acceptors (Lipinski definition) is 3. The number of carbonyl (C=O) groups is 1. The molecule has 140 valence electrons. The molecule has 0 radical (unpaired) electrons. The average molecular weight is 363 g/mol. The number of amides is 1. The van der Waals surface area contributed by atoms with Crippen LogP contribution in [0, 0.1) is 0 Å². The van der Waals surface area contributed by atoms with Gasteiger partial charge in [-0.05, 0) is 24.8 Å². The minimum Gasteiger partial charge on any atom is -0.342 e. The lowest BCUT2D eigenvalue weighted by molar-refractivity contribution is -0.131. The molecule has 0 unspecified atom stereocenters. The molecule has 0 atom stereocenters. The van der Waals surface area contributed by atoms with E-state index in [4.69, 9.17) is 5.10 Å². The molecular weight excluding hydrogens is 338 g/mol. The van der Waals surface area contributed by atoms with Crippen molar-refractivity contribution >= 4 is 5.91 Å². The lowest BCUT2D eigenvalue weighted by Crippen LogP contribution is -2.33. The standard InChI is InChI=1S/C21H25N5O/c1-25-19-11-13-26(20(27)9-5-6-16-14-22-23-15-16)12-10-18(19)21(24-25)17-7-3-2-4-8-17/h2-4,7-8,14-15H,5-6,9-13H2,1H3,(H,22,23). The van der Waals surface area contributed by atoms with Crippen molar-refractivity contribution in [2.24, 2.45) is 7.05 Å². The van der Waals surface area contributed by atoms with Crippen molar-refractivity contribution in [1.29, 1.82) is 0 Å². The van der Waals surface area contributed by atoms with Gasteiger partial charge in [-0.15, -0.1) is 0 Å². The highest BCUT2D eigenvalue weighted by Gasteiger charge is 2.24. The summed E-state index contributed by atoms with van der Waals surface area (Å²) < 4.78 is 1.99. The first-order valence-corrected chi connectivity index (χ1v) is 9.58. The molecule has 0 aliphatic carbocycles. The minimum absolute atomic E-state index is 0.250. The topological polar surface area (TPSA) is 66.8 Å². The monoisotopic (exact) mass is 363 g/mol. The summed E-state index contributed by atoms with van der Waals surface area (Å²) in [5.41, 5.74) is 5.90. The van der Waals surface area contributed by atoms with Crippen LogP contribution >= 0.6 is 0 Å². The molecule has 1 aliphatic rings. The Morgan fingerprint density at radius 2 is 2.00 bits per heavy atom. The average Bonchev–Trinajstić information content (AvgIpc) is 3.24. The zero-order chi connectivity index (χ0) is 18.6. The van der Waals surface area contributed by atoms with Crippen LogP contribution in [-0.2, 0) is 31.1 Å². The van der Waals surface area contributed by atoms with Gasteiger partial charge < -0.3 is 4.90 Å². The van der Waals surface area contributed by atoms with Crippen LogP contribution in [-0.4, -0.2) is 43.9 Å². The molecule has 27 heavy (non-hydrogen) atoms. The van der Waals surface area contributed by atoms with Gasteiger partial charge in [0, 0.05) is 56.0 Å². The van der Waals surface area contributed by atoms with E-state index in [2.05, 4.69) is 22.3 Å². The van der Waals surface area contributed by atoms with Gasteiger partial charge in [0.15, 0.2) is 0 Å². The van der Waals surface area contributed by atoms with Crippen LogP contribution in [0.5, 0.6) is 0 Å². The van der Waals surface area contributed by atoms with E-state index in [1.807, 2.05) is 47.2 Å². The van der Waals surface area contributed by atoms with Crippen LogP contribution in [0.15, 0.2) is 42.7 Å². The summed E-state index contributed by atoms with van der Waals surface area (Å²) in [4.78, 5) is 14.7. The molecule has 3 heterocycles. The lowest BCUT2D eigenvalue weighted by Gasteiger charge is -2.20. The smallest absolute Gasteiger partial charge is 0.222 e. The molecule has 6 nitrogen and oxygen atoms in total. The van der Waals surface area contributed by atoms with Gasteiger partial charge >= 0.3 is 0 Å². The number of hydrogen-bond donors (Lipinski definition) is 1. The molecule has 0 saturated carbocycles. The summed E-state index contributed by atoms with van der Waals surface area (Å²) in [5, 5.41) is 11.5. The maximum Gasteiger partial charge on any atom is 0.222 e. The molecule has 1 aromatic carbocycles. The summed E-state index contributed by atoms with van der Waals surface area (Å²) in [6.07, 6.45) is 7.78. The van der Waals surface area contributed by atoms with E-state index in [0.29, 0.717) is 6.42 Å². The number of aryl methyl sites for hydroxylation is 2. The third-order valence-corrected chi connectivity index (χ3v) is 5.34. The third kappa shape index (κ3) is 3.79. The Bertz CT molecular complexity index is 898. The minimum atomic E-state index is 0.250. The highest BCUT2D eigenvalue weighted by molar-refractivity contribution is 5.76. The van der Waals surface area contributed by atoms with Gasteiger partial charge in [0.1, 0.15) is 0 Å².